The molecule has 1 saturated heterocycles. The zero-order valence-corrected chi connectivity index (χ0v) is 11.7. The highest BCUT2D eigenvalue weighted by atomic mass is 16.1. The van der Waals surface area contributed by atoms with Gasteiger partial charge in [-0.25, -0.2) is 0 Å². The normalized spacial score (nSPS) is 20.5. The number of piperazine rings is 1. The van der Waals surface area contributed by atoms with E-state index < -0.39 is 0 Å². The van der Waals surface area contributed by atoms with E-state index in [0.29, 0.717) is 12.3 Å². The van der Waals surface area contributed by atoms with Gasteiger partial charge in [-0.15, -0.1) is 0 Å². The quantitative estimate of drug-likeness (QED) is 0.773. The lowest BCUT2D eigenvalue weighted by Crippen LogP contribution is -2.52. The summed E-state index contributed by atoms with van der Waals surface area (Å²) in [5.41, 5.74) is 0. The zero-order chi connectivity index (χ0) is 12.8. The third-order valence-electron chi connectivity index (χ3n) is 3.52. The molecule has 1 aliphatic heterocycles. The topological polar surface area (TPSA) is 35.6 Å². The van der Waals surface area contributed by atoms with Crippen LogP contribution in [0.1, 0.15) is 27.2 Å². The molecule has 0 unspecified atom stereocenters. The van der Waals surface area contributed by atoms with E-state index in [2.05, 4.69) is 36.0 Å². The number of carbonyl (C=O) groups is 1. The lowest BCUT2D eigenvalue weighted by Gasteiger charge is -2.36. The summed E-state index contributed by atoms with van der Waals surface area (Å²) in [7, 11) is 2.16. The monoisotopic (exact) mass is 241 g/mol. The van der Waals surface area contributed by atoms with E-state index in [1.165, 1.54) is 0 Å². The van der Waals surface area contributed by atoms with Crippen LogP contribution in [0.2, 0.25) is 0 Å². The summed E-state index contributed by atoms with van der Waals surface area (Å²) in [6.45, 7) is 11.7. The van der Waals surface area contributed by atoms with Gasteiger partial charge < -0.3 is 10.2 Å². The van der Waals surface area contributed by atoms with E-state index >= 15 is 0 Å². The Bertz CT molecular complexity index is 235. The lowest BCUT2D eigenvalue weighted by molar-refractivity contribution is -0.122. The van der Waals surface area contributed by atoms with Crippen molar-refractivity contribution in [3.05, 3.63) is 0 Å². The van der Waals surface area contributed by atoms with Gasteiger partial charge in [0.1, 0.15) is 0 Å². The first-order valence-corrected chi connectivity index (χ1v) is 6.73. The van der Waals surface area contributed by atoms with Crippen LogP contribution >= 0.6 is 0 Å². The van der Waals surface area contributed by atoms with Crippen LogP contribution < -0.4 is 5.32 Å². The molecule has 0 aromatic heterocycles. The van der Waals surface area contributed by atoms with Crippen molar-refractivity contribution in [1.29, 1.82) is 0 Å². The molecule has 0 aromatic carbocycles. The fraction of sp³-hybridized carbons (Fsp3) is 0.923. The molecule has 100 valence electrons. The Morgan fingerprint density at radius 1 is 1.24 bits per heavy atom. The standard InChI is InChI=1S/C13H27N3O/c1-5-13(17)14-12(11(2)3)10-16-8-6-15(4)7-9-16/h11-12H,5-10H2,1-4H3,(H,14,17)/t12-/m1/s1. The molecule has 0 radical (unpaired) electrons. The number of hydrogen-bond acceptors (Lipinski definition) is 3. The first-order chi connectivity index (χ1) is 8.02. The molecule has 1 atom stereocenters. The van der Waals surface area contributed by atoms with Gasteiger partial charge in [-0.3, -0.25) is 9.69 Å². The summed E-state index contributed by atoms with van der Waals surface area (Å²) in [6, 6.07) is 0.283. The summed E-state index contributed by atoms with van der Waals surface area (Å²) < 4.78 is 0. The first-order valence-electron chi connectivity index (χ1n) is 6.73. The van der Waals surface area contributed by atoms with E-state index in [-0.39, 0.29) is 11.9 Å². The largest absolute Gasteiger partial charge is 0.352 e. The molecule has 0 aliphatic carbocycles. The number of likely N-dealkylation sites (N-methyl/N-ethyl adjacent to an activating group) is 1. The molecule has 0 bridgehead atoms. The maximum atomic E-state index is 11.5. The number of nitrogens with one attached hydrogen (secondary N) is 1. The van der Waals surface area contributed by atoms with Gasteiger partial charge in [-0.05, 0) is 13.0 Å². The van der Waals surface area contributed by atoms with Gasteiger partial charge in [0.2, 0.25) is 5.91 Å². The molecular formula is C13H27N3O. The van der Waals surface area contributed by atoms with Gasteiger partial charge in [0.05, 0.1) is 0 Å². The Labute approximate surface area is 105 Å². The SMILES string of the molecule is CCC(=O)N[C@H](CN1CCN(C)CC1)C(C)C. The summed E-state index contributed by atoms with van der Waals surface area (Å²) >= 11 is 0. The van der Waals surface area contributed by atoms with Crippen molar-refractivity contribution >= 4 is 5.91 Å². The van der Waals surface area contributed by atoms with Gasteiger partial charge >= 0.3 is 0 Å². The van der Waals surface area contributed by atoms with Crippen molar-refractivity contribution in [1.82, 2.24) is 15.1 Å². The average molecular weight is 241 g/mol. The molecule has 0 aromatic rings. The molecule has 1 heterocycles. The van der Waals surface area contributed by atoms with E-state index in [0.717, 1.165) is 32.7 Å². The second kappa shape index (κ2) is 6.97. The Morgan fingerprint density at radius 3 is 2.29 bits per heavy atom. The fourth-order valence-corrected chi connectivity index (χ4v) is 2.04. The van der Waals surface area contributed by atoms with Crippen LogP contribution in [0.3, 0.4) is 0 Å². The van der Waals surface area contributed by atoms with E-state index in [1.807, 2.05) is 6.92 Å². The van der Waals surface area contributed by atoms with Crippen molar-refractivity contribution in [3.8, 4) is 0 Å². The Hall–Kier alpha value is -0.610. The molecule has 0 spiro atoms. The van der Waals surface area contributed by atoms with Crippen molar-refractivity contribution in [2.45, 2.75) is 33.2 Å². The highest BCUT2D eigenvalue weighted by Gasteiger charge is 2.21. The highest BCUT2D eigenvalue weighted by Crippen LogP contribution is 2.07. The van der Waals surface area contributed by atoms with Crippen LogP contribution in [-0.2, 0) is 4.79 Å². The highest BCUT2D eigenvalue weighted by molar-refractivity contribution is 5.75. The first kappa shape index (κ1) is 14.5. The smallest absolute Gasteiger partial charge is 0.219 e. The molecule has 1 amide bonds. The van der Waals surface area contributed by atoms with E-state index in [9.17, 15) is 4.79 Å². The lowest BCUT2D eigenvalue weighted by atomic mass is 10.0. The number of carbonyl (C=O) groups excluding carboxylic acids is 1. The summed E-state index contributed by atoms with van der Waals surface area (Å²) in [5, 5.41) is 3.13. The molecule has 17 heavy (non-hydrogen) atoms. The van der Waals surface area contributed by atoms with Crippen molar-refractivity contribution in [2.24, 2.45) is 5.92 Å². The van der Waals surface area contributed by atoms with Crippen LogP contribution in [0.15, 0.2) is 0 Å². The maximum absolute atomic E-state index is 11.5. The number of nitrogens with zero attached hydrogens (tertiary/aromatic N) is 2. The molecule has 1 N–H and O–H groups in total. The summed E-state index contributed by atoms with van der Waals surface area (Å²) in [5.74, 6) is 0.656. The Balaban J connectivity index is 2.41. The molecule has 0 saturated carbocycles. The van der Waals surface area contributed by atoms with Crippen LogP contribution in [0.4, 0.5) is 0 Å². The van der Waals surface area contributed by atoms with Gasteiger partial charge in [0.15, 0.2) is 0 Å². The minimum absolute atomic E-state index is 0.165. The fourth-order valence-electron chi connectivity index (χ4n) is 2.04. The predicted octanol–water partition coefficient (Wildman–Crippen LogP) is 0.785. The van der Waals surface area contributed by atoms with Crippen molar-refractivity contribution in [3.63, 3.8) is 0 Å². The van der Waals surface area contributed by atoms with Crippen LogP contribution in [-0.4, -0.2) is 61.5 Å². The summed E-state index contributed by atoms with van der Waals surface area (Å²) in [4.78, 5) is 16.3. The van der Waals surface area contributed by atoms with E-state index in [4.69, 9.17) is 0 Å². The van der Waals surface area contributed by atoms with Gasteiger partial charge in [-0.1, -0.05) is 20.8 Å². The predicted molar refractivity (Wildman–Crippen MR) is 71.0 cm³/mol. The Morgan fingerprint density at radius 2 is 1.82 bits per heavy atom. The van der Waals surface area contributed by atoms with Crippen molar-refractivity contribution in [2.75, 3.05) is 39.8 Å². The van der Waals surface area contributed by atoms with Crippen molar-refractivity contribution < 1.29 is 4.79 Å². The second-order valence-corrected chi connectivity index (χ2v) is 5.38. The Kier molecular flexibility index (Phi) is 5.92. The van der Waals surface area contributed by atoms with Gasteiger partial charge in [-0.2, -0.15) is 0 Å². The molecular weight excluding hydrogens is 214 g/mol. The minimum atomic E-state index is 0.165. The van der Waals surface area contributed by atoms with Gasteiger partial charge in [0, 0.05) is 45.2 Å². The molecule has 1 aliphatic rings. The third kappa shape index (κ3) is 5.04. The number of rotatable bonds is 5. The van der Waals surface area contributed by atoms with E-state index in [1.54, 1.807) is 0 Å². The number of hydrogen-bond donors (Lipinski definition) is 1. The van der Waals surface area contributed by atoms with Gasteiger partial charge in [0.25, 0.3) is 0 Å². The molecule has 4 heteroatoms. The molecule has 1 rings (SSSR count). The van der Waals surface area contributed by atoms with Crippen LogP contribution in [0.5, 0.6) is 0 Å². The molecule has 4 nitrogen and oxygen atoms in total. The molecule has 1 fully saturated rings. The third-order valence-corrected chi connectivity index (χ3v) is 3.52. The van der Waals surface area contributed by atoms with Crippen LogP contribution in [0.25, 0.3) is 0 Å². The number of amides is 1. The zero-order valence-electron chi connectivity index (χ0n) is 11.7. The second-order valence-electron chi connectivity index (χ2n) is 5.38. The summed E-state index contributed by atoms with van der Waals surface area (Å²) in [6.07, 6.45) is 0.575. The maximum Gasteiger partial charge on any atom is 0.219 e. The van der Waals surface area contributed by atoms with Crippen LogP contribution in [0, 0.1) is 5.92 Å². The minimum Gasteiger partial charge on any atom is -0.352 e. The average Bonchev–Trinajstić information content (AvgIpc) is 2.30.